The molecule has 0 radical (unpaired) electrons. The lowest BCUT2D eigenvalue weighted by Gasteiger charge is -2.28. The van der Waals surface area contributed by atoms with Crippen LogP contribution in [0.3, 0.4) is 0 Å². The van der Waals surface area contributed by atoms with Crippen LogP contribution < -0.4 is 21.3 Å². The fourth-order valence-electron chi connectivity index (χ4n) is 2.93. The summed E-state index contributed by atoms with van der Waals surface area (Å²) in [6, 6.07) is 4.82. The molecule has 27 heavy (non-hydrogen) atoms. The zero-order chi connectivity index (χ0) is 19.8. The molecule has 1 saturated heterocycles. The summed E-state index contributed by atoms with van der Waals surface area (Å²) in [6.45, 7) is 5.09. The number of ether oxygens (including phenoxy) is 1. The number of hydrogen-bond donors (Lipinski definition) is 3. The van der Waals surface area contributed by atoms with Crippen LogP contribution in [0.5, 0.6) is 0 Å². The van der Waals surface area contributed by atoms with Crippen LogP contribution in [0.25, 0.3) is 0 Å². The minimum Gasteiger partial charge on any atom is -0.370 e. The monoisotopic (exact) mass is 376 g/mol. The summed E-state index contributed by atoms with van der Waals surface area (Å²) in [4.78, 5) is 36.7. The van der Waals surface area contributed by atoms with Crippen LogP contribution in [-0.2, 0) is 19.1 Å². The molecule has 8 nitrogen and oxygen atoms in total. The van der Waals surface area contributed by atoms with Gasteiger partial charge in [0.2, 0.25) is 11.8 Å². The molecular formula is C19H28N4O4. The molecule has 2 rings (SSSR count). The molecule has 0 saturated carbocycles. The van der Waals surface area contributed by atoms with E-state index in [1.54, 1.807) is 11.0 Å². The zero-order valence-corrected chi connectivity index (χ0v) is 15.9. The molecule has 0 aliphatic carbocycles. The highest BCUT2D eigenvalue weighted by Crippen LogP contribution is 2.25. The van der Waals surface area contributed by atoms with Crippen molar-refractivity contribution in [3.05, 3.63) is 23.8 Å². The van der Waals surface area contributed by atoms with Crippen molar-refractivity contribution in [1.29, 1.82) is 0 Å². The molecule has 0 aromatic heterocycles. The third kappa shape index (κ3) is 6.33. The van der Waals surface area contributed by atoms with Crippen LogP contribution in [0.4, 0.5) is 11.4 Å². The van der Waals surface area contributed by atoms with E-state index in [1.807, 2.05) is 19.1 Å². The summed E-state index contributed by atoms with van der Waals surface area (Å²) in [5.74, 6) is -0.374. The second-order valence-electron chi connectivity index (χ2n) is 6.67. The Morgan fingerprint density at radius 2 is 2.11 bits per heavy atom. The SMILES string of the molecule is CC(=O)NCCCCC(N)C(=O)Nc1ccc(N2CCOCC2=O)c(C)c1. The van der Waals surface area contributed by atoms with E-state index in [4.69, 9.17) is 10.5 Å². The molecule has 1 unspecified atom stereocenters. The standard InChI is InChI=1S/C19H28N4O4/c1-13-11-15(6-7-17(13)23-9-10-27-12-18(23)25)22-19(26)16(20)5-3-4-8-21-14(2)24/h6-7,11,16H,3-5,8-10,12,20H2,1-2H3,(H,21,24)(H,22,26). The number of nitrogens with zero attached hydrogens (tertiary/aromatic N) is 1. The first-order valence-electron chi connectivity index (χ1n) is 9.18. The van der Waals surface area contributed by atoms with Gasteiger partial charge in [0.15, 0.2) is 0 Å². The van der Waals surface area contributed by atoms with Gasteiger partial charge in [0.05, 0.1) is 12.6 Å². The van der Waals surface area contributed by atoms with Crippen molar-refractivity contribution in [2.24, 2.45) is 5.73 Å². The van der Waals surface area contributed by atoms with Crippen molar-refractivity contribution >= 4 is 29.1 Å². The van der Waals surface area contributed by atoms with Crippen molar-refractivity contribution < 1.29 is 19.1 Å². The minimum atomic E-state index is -0.608. The van der Waals surface area contributed by atoms with Crippen molar-refractivity contribution in [2.45, 2.75) is 39.2 Å². The predicted molar refractivity (Wildman–Crippen MR) is 103 cm³/mol. The molecule has 1 atom stereocenters. The summed E-state index contributed by atoms with van der Waals surface area (Å²) >= 11 is 0. The van der Waals surface area contributed by atoms with Crippen molar-refractivity contribution in [1.82, 2.24) is 5.32 Å². The second kappa shape index (κ2) is 10.0. The summed E-state index contributed by atoms with van der Waals surface area (Å²) in [7, 11) is 0. The van der Waals surface area contributed by atoms with Crippen LogP contribution >= 0.6 is 0 Å². The van der Waals surface area contributed by atoms with Crippen LogP contribution in [0.15, 0.2) is 18.2 Å². The molecule has 0 bridgehead atoms. The number of nitrogens with two attached hydrogens (primary N) is 1. The number of anilines is 2. The van der Waals surface area contributed by atoms with E-state index in [-0.39, 0.29) is 24.3 Å². The molecule has 3 amide bonds. The molecule has 8 heteroatoms. The third-order valence-electron chi connectivity index (χ3n) is 4.39. The number of carbonyl (C=O) groups is 3. The van der Waals surface area contributed by atoms with E-state index < -0.39 is 6.04 Å². The Bertz CT molecular complexity index is 692. The van der Waals surface area contributed by atoms with Gasteiger partial charge in [0.1, 0.15) is 6.61 Å². The van der Waals surface area contributed by atoms with E-state index >= 15 is 0 Å². The van der Waals surface area contributed by atoms with Crippen LogP contribution in [0, 0.1) is 6.92 Å². The largest absolute Gasteiger partial charge is 0.370 e. The Kier molecular flexibility index (Phi) is 7.75. The number of unbranched alkanes of at least 4 members (excludes halogenated alkanes) is 1. The van der Waals surface area contributed by atoms with Gasteiger partial charge < -0.3 is 26.0 Å². The number of carbonyl (C=O) groups excluding carboxylic acids is 3. The molecule has 1 aromatic rings. The van der Waals surface area contributed by atoms with Gasteiger partial charge in [-0.25, -0.2) is 0 Å². The Morgan fingerprint density at radius 3 is 2.78 bits per heavy atom. The van der Waals surface area contributed by atoms with Gasteiger partial charge in [-0.05, 0) is 49.9 Å². The maximum atomic E-state index is 12.2. The lowest BCUT2D eigenvalue weighted by molar-refractivity contribution is -0.125. The fourth-order valence-corrected chi connectivity index (χ4v) is 2.93. The molecule has 1 fully saturated rings. The fraction of sp³-hybridized carbons (Fsp3) is 0.526. The molecule has 1 heterocycles. The van der Waals surface area contributed by atoms with Crippen molar-refractivity contribution in [3.8, 4) is 0 Å². The van der Waals surface area contributed by atoms with Crippen LogP contribution in [0.1, 0.15) is 31.7 Å². The summed E-state index contributed by atoms with van der Waals surface area (Å²) in [5.41, 5.74) is 8.31. The summed E-state index contributed by atoms with van der Waals surface area (Å²) in [6.07, 6.45) is 2.08. The van der Waals surface area contributed by atoms with Gasteiger partial charge in [-0.1, -0.05) is 0 Å². The quantitative estimate of drug-likeness (QED) is 0.584. The van der Waals surface area contributed by atoms with Gasteiger partial charge in [0.25, 0.3) is 5.91 Å². The minimum absolute atomic E-state index is 0.0605. The maximum Gasteiger partial charge on any atom is 0.253 e. The molecule has 4 N–H and O–H groups in total. The van der Waals surface area contributed by atoms with E-state index in [0.29, 0.717) is 31.8 Å². The molecule has 1 aliphatic heterocycles. The maximum absolute atomic E-state index is 12.2. The smallest absolute Gasteiger partial charge is 0.253 e. The molecule has 0 spiro atoms. The average molecular weight is 376 g/mol. The highest BCUT2D eigenvalue weighted by molar-refractivity contribution is 5.97. The second-order valence-corrected chi connectivity index (χ2v) is 6.67. The zero-order valence-electron chi connectivity index (χ0n) is 15.9. The lowest BCUT2D eigenvalue weighted by atomic mass is 10.1. The van der Waals surface area contributed by atoms with Crippen LogP contribution in [-0.4, -0.2) is 50.1 Å². The first-order chi connectivity index (χ1) is 12.9. The van der Waals surface area contributed by atoms with E-state index in [9.17, 15) is 14.4 Å². The van der Waals surface area contributed by atoms with Gasteiger partial charge in [0, 0.05) is 31.4 Å². The van der Waals surface area contributed by atoms with Crippen molar-refractivity contribution in [3.63, 3.8) is 0 Å². The molecule has 148 valence electrons. The number of aryl methyl sites for hydroxylation is 1. The number of hydrogen-bond acceptors (Lipinski definition) is 5. The van der Waals surface area contributed by atoms with E-state index in [0.717, 1.165) is 24.1 Å². The third-order valence-corrected chi connectivity index (χ3v) is 4.39. The number of amides is 3. The summed E-state index contributed by atoms with van der Waals surface area (Å²) in [5, 5.41) is 5.54. The Morgan fingerprint density at radius 1 is 1.33 bits per heavy atom. The highest BCUT2D eigenvalue weighted by atomic mass is 16.5. The van der Waals surface area contributed by atoms with Crippen LogP contribution in [0.2, 0.25) is 0 Å². The van der Waals surface area contributed by atoms with E-state index in [2.05, 4.69) is 10.6 Å². The molecule has 1 aliphatic rings. The number of benzene rings is 1. The predicted octanol–water partition coefficient (Wildman–Crippen LogP) is 0.930. The summed E-state index contributed by atoms with van der Waals surface area (Å²) < 4.78 is 5.15. The van der Waals surface area contributed by atoms with Gasteiger partial charge >= 0.3 is 0 Å². The topological polar surface area (TPSA) is 114 Å². The average Bonchev–Trinajstić information content (AvgIpc) is 2.62. The first kappa shape index (κ1) is 20.9. The van der Waals surface area contributed by atoms with E-state index in [1.165, 1.54) is 6.92 Å². The molecule has 1 aromatic carbocycles. The van der Waals surface area contributed by atoms with Gasteiger partial charge in [-0.2, -0.15) is 0 Å². The molecular weight excluding hydrogens is 348 g/mol. The van der Waals surface area contributed by atoms with Gasteiger partial charge in [-0.3, -0.25) is 14.4 Å². The van der Waals surface area contributed by atoms with Gasteiger partial charge in [-0.15, -0.1) is 0 Å². The highest BCUT2D eigenvalue weighted by Gasteiger charge is 2.22. The number of morpholine rings is 1. The number of nitrogens with one attached hydrogen (secondary N) is 2. The lowest BCUT2D eigenvalue weighted by Crippen LogP contribution is -2.42. The number of rotatable bonds is 8. The Balaban J connectivity index is 1.85. The normalized spacial score (nSPS) is 15.4. The van der Waals surface area contributed by atoms with Crippen molar-refractivity contribution in [2.75, 3.05) is 36.5 Å². The Hall–Kier alpha value is -2.45. The first-order valence-corrected chi connectivity index (χ1v) is 9.18. The Labute approximate surface area is 159 Å².